The molecule has 1 aromatic carbocycles. The van der Waals surface area contributed by atoms with Gasteiger partial charge in [0.05, 0.1) is 17.4 Å². The van der Waals surface area contributed by atoms with Crippen molar-refractivity contribution in [2.24, 2.45) is 0 Å². The molecule has 0 spiro atoms. The van der Waals surface area contributed by atoms with Gasteiger partial charge in [0.25, 0.3) is 0 Å². The summed E-state index contributed by atoms with van der Waals surface area (Å²) in [5, 5.41) is 14.4. The summed E-state index contributed by atoms with van der Waals surface area (Å²) in [6, 6.07) is 6.84. The third-order valence-corrected chi connectivity index (χ3v) is 5.84. The van der Waals surface area contributed by atoms with E-state index in [9.17, 15) is 9.50 Å². The molecule has 2 aliphatic rings. The van der Waals surface area contributed by atoms with E-state index in [4.69, 9.17) is 4.74 Å². The van der Waals surface area contributed by atoms with E-state index in [1.807, 2.05) is 12.3 Å². The number of aromatic nitrogens is 2. The summed E-state index contributed by atoms with van der Waals surface area (Å²) in [4.78, 5) is 2.33. The van der Waals surface area contributed by atoms with Crippen LogP contribution in [0.15, 0.2) is 36.7 Å². The summed E-state index contributed by atoms with van der Waals surface area (Å²) in [7, 11) is 1.77. The highest BCUT2D eigenvalue weighted by Gasteiger charge is 2.50. The van der Waals surface area contributed by atoms with Gasteiger partial charge in [-0.2, -0.15) is 5.10 Å². The molecule has 1 saturated heterocycles. The summed E-state index contributed by atoms with van der Waals surface area (Å²) in [6.07, 6.45) is 6.62. The molecule has 3 atom stereocenters. The van der Waals surface area contributed by atoms with Crippen LogP contribution in [0.1, 0.15) is 31.2 Å². The number of rotatable bonds is 4. The Hall–Kier alpha value is -1.76. The number of hydrogen-bond acceptors (Lipinski definition) is 4. The zero-order valence-corrected chi connectivity index (χ0v) is 14.4. The van der Waals surface area contributed by atoms with Crippen molar-refractivity contribution in [3.05, 3.63) is 48.0 Å². The predicted octanol–water partition coefficient (Wildman–Crippen LogP) is 2.52. The zero-order chi connectivity index (χ0) is 17.4. The topological polar surface area (TPSA) is 50.5 Å². The molecular weight excluding hydrogens is 321 g/mol. The smallest absolute Gasteiger partial charge is 0.123 e. The Morgan fingerprint density at radius 3 is 3.04 bits per heavy atom. The molecule has 134 valence electrons. The second kappa shape index (κ2) is 6.52. The molecule has 6 heteroatoms. The highest BCUT2D eigenvalue weighted by molar-refractivity contribution is 5.41. The standard InChI is InChI=1S/C19H24FN3O2/c1-25-19-6-5-16(24)12-18(19)22(10-7-19)13-14-11-15(20)3-4-17(14)23-9-2-8-21-23/h2-4,8-9,11,16,18,24H,5-7,10,12-13H2,1H3/t16-,18+,19-/m1/s1. The minimum absolute atomic E-state index is 0.162. The maximum atomic E-state index is 13.9. The molecule has 0 unspecified atom stereocenters. The van der Waals surface area contributed by atoms with Crippen LogP contribution in [0.2, 0.25) is 0 Å². The molecule has 1 saturated carbocycles. The van der Waals surface area contributed by atoms with Crippen molar-refractivity contribution in [1.82, 2.24) is 14.7 Å². The van der Waals surface area contributed by atoms with E-state index in [1.54, 1.807) is 30.1 Å². The normalized spacial score (nSPS) is 29.7. The third-order valence-electron chi connectivity index (χ3n) is 5.84. The van der Waals surface area contributed by atoms with Crippen molar-refractivity contribution in [2.45, 2.75) is 50.0 Å². The maximum absolute atomic E-state index is 13.9. The lowest BCUT2D eigenvalue weighted by molar-refractivity contribution is -0.0879. The molecule has 2 heterocycles. The van der Waals surface area contributed by atoms with Gasteiger partial charge in [0, 0.05) is 38.6 Å². The van der Waals surface area contributed by atoms with Crippen LogP contribution in [0.5, 0.6) is 0 Å². The van der Waals surface area contributed by atoms with Crippen molar-refractivity contribution < 1.29 is 14.2 Å². The van der Waals surface area contributed by atoms with Gasteiger partial charge in [0.1, 0.15) is 5.82 Å². The number of aliphatic hydroxyl groups is 1. The van der Waals surface area contributed by atoms with Crippen molar-refractivity contribution in [1.29, 1.82) is 0 Å². The molecule has 1 aliphatic carbocycles. The van der Waals surface area contributed by atoms with E-state index < -0.39 is 0 Å². The van der Waals surface area contributed by atoms with Crippen LogP contribution in [0.4, 0.5) is 4.39 Å². The lowest BCUT2D eigenvalue weighted by Crippen LogP contribution is -2.51. The van der Waals surface area contributed by atoms with Gasteiger partial charge in [-0.25, -0.2) is 9.07 Å². The molecule has 1 N–H and O–H groups in total. The molecule has 2 fully saturated rings. The molecule has 1 aliphatic heterocycles. The summed E-state index contributed by atoms with van der Waals surface area (Å²) in [6.45, 7) is 1.51. The van der Waals surface area contributed by atoms with Crippen LogP contribution in [0, 0.1) is 5.82 Å². The van der Waals surface area contributed by atoms with Gasteiger partial charge in [0.15, 0.2) is 0 Å². The van der Waals surface area contributed by atoms with Gasteiger partial charge in [-0.15, -0.1) is 0 Å². The Labute approximate surface area is 147 Å². The highest BCUT2D eigenvalue weighted by Crippen LogP contribution is 2.43. The molecular formula is C19H24FN3O2. The first-order valence-corrected chi connectivity index (χ1v) is 8.87. The Kier molecular flexibility index (Phi) is 4.35. The summed E-state index contributed by atoms with van der Waals surface area (Å²) < 4.78 is 21.6. The predicted molar refractivity (Wildman–Crippen MR) is 91.9 cm³/mol. The molecule has 0 radical (unpaired) electrons. The van der Waals surface area contributed by atoms with Crippen molar-refractivity contribution in [3.8, 4) is 5.69 Å². The number of nitrogens with zero attached hydrogens (tertiary/aromatic N) is 3. The van der Waals surface area contributed by atoms with Crippen molar-refractivity contribution in [2.75, 3.05) is 13.7 Å². The largest absolute Gasteiger partial charge is 0.393 e. The van der Waals surface area contributed by atoms with Crippen molar-refractivity contribution in [3.63, 3.8) is 0 Å². The van der Waals surface area contributed by atoms with Crippen LogP contribution in [-0.2, 0) is 11.3 Å². The lowest BCUT2D eigenvalue weighted by atomic mass is 9.79. The minimum atomic E-state index is -0.285. The Bertz CT molecular complexity index is 736. The molecule has 5 nitrogen and oxygen atoms in total. The Morgan fingerprint density at radius 2 is 2.28 bits per heavy atom. The number of methoxy groups -OCH3 is 1. The fourth-order valence-electron chi connectivity index (χ4n) is 4.49. The molecule has 0 amide bonds. The quantitative estimate of drug-likeness (QED) is 0.925. The lowest BCUT2D eigenvalue weighted by Gasteiger charge is -2.42. The SMILES string of the molecule is CO[C@@]12CC[C@@H](O)C[C@@H]1N(Cc1cc(F)ccc1-n1cccn1)CC2. The zero-order valence-electron chi connectivity index (χ0n) is 14.4. The average molecular weight is 345 g/mol. The van der Waals surface area contributed by atoms with E-state index in [-0.39, 0.29) is 23.6 Å². The first kappa shape index (κ1) is 16.7. The van der Waals surface area contributed by atoms with Gasteiger partial charge in [-0.05, 0) is 55.5 Å². The van der Waals surface area contributed by atoms with Crippen LogP contribution in [0.25, 0.3) is 5.69 Å². The monoisotopic (exact) mass is 345 g/mol. The van der Waals surface area contributed by atoms with Crippen LogP contribution in [0.3, 0.4) is 0 Å². The van der Waals surface area contributed by atoms with Gasteiger partial charge in [0.2, 0.25) is 0 Å². The fourth-order valence-corrected chi connectivity index (χ4v) is 4.49. The van der Waals surface area contributed by atoms with E-state index in [0.29, 0.717) is 13.0 Å². The molecule has 1 aromatic heterocycles. The van der Waals surface area contributed by atoms with Gasteiger partial charge < -0.3 is 9.84 Å². The Morgan fingerprint density at radius 1 is 1.40 bits per heavy atom. The molecule has 0 bridgehead atoms. The average Bonchev–Trinajstić information content (AvgIpc) is 3.25. The van der Waals surface area contributed by atoms with Gasteiger partial charge >= 0.3 is 0 Å². The van der Waals surface area contributed by atoms with Crippen LogP contribution < -0.4 is 0 Å². The van der Waals surface area contributed by atoms with Gasteiger partial charge in [-0.3, -0.25) is 4.90 Å². The number of aliphatic hydroxyl groups excluding tert-OH is 1. The number of ether oxygens (including phenoxy) is 1. The van der Waals surface area contributed by atoms with Crippen molar-refractivity contribution >= 4 is 0 Å². The second-order valence-electron chi connectivity index (χ2n) is 7.16. The third kappa shape index (κ3) is 2.99. The maximum Gasteiger partial charge on any atom is 0.123 e. The molecule has 25 heavy (non-hydrogen) atoms. The molecule has 4 rings (SSSR count). The van der Waals surface area contributed by atoms with Gasteiger partial charge in [-0.1, -0.05) is 0 Å². The minimum Gasteiger partial charge on any atom is -0.393 e. The highest BCUT2D eigenvalue weighted by atomic mass is 19.1. The van der Waals surface area contributed by atoms with Crippen LogP contribution >= 0.6 is 0 Å². The summed E-state index contributed by atoms with van der Waals surface area (Å²) in [5.74, 6) is -0.244. The van der Waals surface area contributed by atoms with Crippen LogP contribution in [-0.4, -0.2) is 51.2 Å². The van der Waals surface area contributed by atoms with E-state index in [0.717, 1.165) is 37.1 Å². The van der Waals surface area contributed by atoms with E-state index >= 15 is 0 Å². The fraction of sp³-hybridized carbons (Fsp3) is 0.526. The number of hydrogen-bond donors (Lipinski definition) is 1. The summed E-state index contributed by atoms with van der Waals surface area (Å²) in [5.41, 5.74) is 1.60. The van der Waals surface area contributed by atoms with E-state index in [1.165, 1.54) is 6.07 Å². The first-order chi connectivity index (χ1) is 12.1. The summed E-state index contributed by atoms with van der Waals surface area (Å²) >= 11 is 0. The first-order valence-electron chi connectivity index (χ1n) is 8.87. The number of likely N-dealkylation sites (tertiary alicyclic amines) is 1. The second-order valence-corrected chi connectivity index (χ2v) is 7.16. The molecule has 2 aromatic rings. The Balaban J connectivity index is 1.63. The van der Waals surface area contributed by atoms with E-state index in [2.05, 4.69) is 10.00 Å². The number of halogens is 1. The number of benzene rings is 1. The number of fused-ring (bicyclic) bond motifs is 1.